The predicted molar refractivity (Wildman–Crippen MR) is 178 cm³/mol. The SMILES string of the molecule is COC1C(OP(=O)(OC[C@H]2O[C@@H](n3cnc4c(N)ncnc43)CC2O)SCc2ccc(NC(C)=O)cc2)[C@@H](CO)O[C@H]1n1ccc(=O)[nH]c1=O. The zero-order chi connectivity index (χ0) is 35.6. The summed E-state index contributed by atoms with van der Waals surface area (Å²) < 4.78 is 47.0. The lowest BCUT2D eigenvalue weighted by atomic mass is 10.1. The Morgan fingerprint density at radius 3 is 2.62 bits per heavy atom. The van der Waals surface area contributed by atoms with Crippen LogP contribution in [0, 0.1) is 0 Å². The van der Waals surface area contributed by atoms with Gasteiger partial charge in [-0.15, -0.1) is 0 Å². The monoisotopic (exact) mass is 734 g/mol. The Bertz CT molecular complexity index is 1990. The lowest BCUT2D eigenvalue weighted by Crippen LogP contribution is -2.39. The molecular weight excluding hydrogens is 699 g/mol. The highest BCUT2D eigenvalue weighted by Crippen LogP contribution is 2.64. The zero-order valence-corrected chi connectivity index (χ0v) is 28.4. The van der Waals surface area contributed by atoms with Gasteiger partial charge in [-0.2, -0.15) is 0 Å². The highest BCUT2D eigenvalue weighted by Gasteiger charge is 2.51. The number of nitrogens with two attached hydrogens (primary N) is 1. The number of nitrogens with one attached hydrogen (secondary N) is 2. The summed E-state index contributed by atoms with van der Waals surface area (Å²) in [5.41, 5.74) is 6.56. The Hall–Kier alpha value is -3.98. The average Bonchev–Trinajstić information content (AvgIpc) is 3.78. The van der Waals surface area contributed by atoms with E-state index in [1.54, 1.807) is 28.8 Å². The van der Waals surface area contributed by atoms with Gasteiger partial charge in [-0.1, -0.05) is 12.1 Å². The first-order chi connectivity index (χ1) is 24.0. The minimum atomic E-state index is -4.23. The molecule has 6 rings (SSSR count). The average molecular weight is 735 g/mol. The van der Waals surface area contributed by atoms with Gasteiger partial charge in [-0.3, -0.25) is 32.8 Å². The van der Waals surface area contributed by atoms with Crippen molar-refractivity contribution in [2.45, 2.75) is 62.1 Å². The van der Waals surface area contributed by atoms with Crippen LogP contribution in [0.2, 0.25) is 0 Å². The molecule has 0 bridgehead atoms. The second-order valence-electron chi connectivity index (χ2n) is 11.4. The van der Waals surface area contributed by atoms with E-state index in [0.717, 1.165) is 22.0 Å². The van der Waals surface area contributed by atoms with E-state index in [2.05, 4.69) is 25.3 Å². The zero-order valence-electron chi connectivity index (χ0n) is 26.7. The van der Waals surface area contributed by atoms with E-state index in [0.29, 0.717) is 22.4 Å². The maximum absolute atomic E-state index is 14.6. The number of methoxy groups -OCH3 is 1. The predicted octanol–water partition coefficient (Wildman–Crippen LogP) is 0.913. The van der Waals surface area contributed by atoms with E-state index in [-0.39, 0.29) is 30.5 Å². The first kappa shape index (κ1) is 35.8. The normalized spacial score (nSPS) is 26.3. The van der Waals surface area contributed by atoms with Gasteiger partial charge in [0.25, 0.3) is 5.56 Å². The maximum Gasteiger partial charge on any atom is 0.389 e. The van der Waals surface area contributed by atoms with E-state index in [9.17, 15) is 29.2 Å². The van der Waals surface area contributed by atoms with Crippen LogP contribution in [0.1, 0.15) is 31.4 Å². The van der Waals surface area contributed by atoms with Crippen LogP contribution in [-0.4, -0.2) is 96.0 Å². The standard InChI is InChI=1S/C29H35N8O11PS/c1-15(39)34-17-5-3-16(4-6-17)12-50-49(43,48-24-19(10-38)47-28(25(24)44-2)36-8-7-21(41)35-29(36)42)45-11-20-18(40)9-22(46-20)37-14-33-23-26(30)31-13-32-27(23)37/h3-8,13-14,18-20,22,24-25,28,38,40H,9-12H2,1-2H3,(H,34,39)(H2,30,31,32)(H,35,41,42)/t18?,19-,20-,22-,24?,25?,28-,49?/m1/s1. The van der Waals surface area contributed by atoms with Gasteiger partial charge < -0.3 is 35.5 Å². The van der Waals surface area contributed by atoms with Crippen LogP contribution in [0.3, 0.4) is 0 Å². The second-order valence-corrected chi connectivity index (χ2v) is 15.5. The van der Waals surface area contributed by atoms with E-state index in [4.69, 9.17) is 29.0 Å². The summed E-state index contributed by atoms with van der Waals surface area (Å²) in [4.78, 5) is 50.3. The van der Waals surface area contributed by atoms with E-state index in [1.807, 2.05) is 0 Å². The quantitative estimate of drug-likeness (QED) is 0.120. The lowest BCUT2D eigenvalue weighted by Gasteiger charge is -2.28. The number of aromatic nitrogens is 6. The molecule has 2 saturated heterocycles. The van der Waals surface area contributed by atoms with Gasteiger partial charge in [0.05, 0.1) is 25.6 Å². The van der Waals surface area contributed by atoms with E-state index in [1.165, 1.54) is 32.9 Å². The summed E-state index contributed by atoms with van der Waals surface area (Å²) in [6, 6.07) is 7.95. The number of carbonyl (C=O) groups is 1. The second kappa shape index (κ2) is 15.1. The number of carbonyl (C=O) groups excluding carboxylic acids is 1. The molecule has 1 amide bonds. The molecule has 21 heteroatoms. The molecule has 4 unspecified atom stereocenters. The number of aliphatic hydroxyl groups is 2. The minimum absolute atomic E-state index is 0.119. The fourth-order valence-electron chi connectivity index (χ4n) is 5.65. The van der Waals surface area contributed by atoms with Gasteiger partial charge in [-0.25, -0.2) is 24.3 Å². The number of anilines is 2. The molecule has 3 aromatic heterocycles. The molecule has 2 aliphatic heterocycles. The van der Waals surface area contributed by atoms with Gasteiger partial charge in [0.1, 0.15) is 42.5 Å². The van der Waals surface area contributed by atoms with Crippen LogP contribution < -0.4 is 22.3 Å². The van der Waals surface area contributed by atoms with Crippen LogP contribution in [0.15, 0.2) is 58.8 Å². The fourth-order valence-corrected chi connectivity index (χ4v) is 9.04. The van der Waals surface area contributed by atoms with Crippen LogP contribution in [0.4, 0.5) is 11.5 Å². The fraction of sp³-hybridized carbons (Fsp3) is 0.448. The van der Waals surface area contributed by atoms with Gasteiger partial charge >= 0.3 is 12.5 Å². The topological polar surface area (TPSA) is 257 Å². The van der Waals surface area contributed by atoms with Crippen molar-refractivity contribution in [1.82, 2.24) is 29.1 Å². The molecule has 4 aromatic rings. The highest BCUT2D eigenvalue weighted by atomic mass is 32.7. The first-order valence-electron chi connectivity index (χ1n) is 15.3. The van der Waals surface area contributed by atoms with Gasteiger partial charge in [0, 0.05) is 44.2 Å². The molecule has 5 heterocycles. The molecule has 0 spiro atoms. The van der Waals surface area contributed by atoms with E-state index < -0.39 is 67.6 Å². The Balaban J connectivity index is 1.22. The third-order valence-corrected chi connectivity index (χ3v) is 11.7. The van der Waals surface area contributed by atoms with Crippen molar-refractivity contribution in [3.8, 4) is 0 Å². The first-order valence-corrected chi connectivity index (χ1v) is 18.4. The summed E-state index contributed by atoms with van der Waals surface area (Å²) in [6.07, 6.45) is -3.20. The Labute approximate surface area is 287 Å². The van der Waals surface area contributed by atoms with Crippen LogP contribution in [-0.2, 0) is 38.4 Å². The van der Waals surface area contributed by atoms with Gasteiger partial charge in [-0.05, 0) is 29.1 Å². The Morgan fingerprint density at radius 2 is 1.92 bits per heavy atom. The number of imidazole rings is 1. The summed E-state index contributed by atoms with van der Waals surface area (Å²) in [5, 5.41) is 23.8. The van der Waals surface area contributed by atoms with Crippen molar-refractivity contribution < 1.29 is 42.8 Å². The summed E-state index contributed by atoms with van der Waals surface area (Å²) in [7, 11) is 1.32. The Morgan fingerprint density at radius 1 is 1.14 bits per heavy atom. The molecular formula is C29H35N8O11PS. The van der Waals surface area contributed by atoms with Crippen molar-refractivity contribution in [2.24, 2.45) is 0 Å². The van der Waals surface area contributed by atoms with Crippen molar-refractivity contribution in [3.05, 3.63) is 75.6 Å². The molecule has 0 saturated carbocycles. The third kappa shape index (κ3) is 7.68. The Kier molecular flexibility index (Phi) is 10.8. The number of amides is 1. The largest absolute Gasteiger partial charge is 0.394 e. The lowest BCUT2D eigenvalue weighted by molar-refractivity contribution is -0.114. The molecule has 8 atom stereocenters. The number of H-pyrrole nitrogens is 1. The number of fused-ring (bicyclic) bond motifs is 1. The number of rotatable bonds is 13. The molecule has 0 aliphatic carbocycles. The molecule has 6 N–H and O–H groups in total. The molecule has 50 heavy (non-hydrogen) atoms. The maximum atomic E-state index is 14.6. The number of ether oxygens (including phenoxy) is 3. The van der Waals surface area contributed by atoms with Crippen molar-refractivity contribution >= 4 is 46.8 Å². The number of hydrogen-bond acceptors (Lipinski definition) is 16. The van der Waals surface area contributed by atoms with Crippen molar-refractivity contribution in [3.63, 3.8) is 0 Å². The van der Waals surface area contributed by atoms with E-state index >= 15 is 0 Å². The van der Waals surface area contributed by atoms with Gasteiger partial charge in [0.15, 0.2) is 17.7 Å². The number of nitrogens with zero attached hydrogens (tertiary/aromatic N) is 5. The van der Waals surface area contributed by atoms with Gasteiger partial charge in [0.2, 0.25) is 5.91 Å². The molecule has 1 aromatic carbocycles. The smallest absolute Gasteiger partial charge is 0.389 e. The third-order valence-electron chi connectivity index (χ3n) is 8.08. The number of aliphatic hydroxyl groups excluding tert-OH is 2. The van der Waals surface area contributed by atoms with Crippen molar-refractivity contribution in [1.29, 1.82) is 0 Å². The molecule has 19 nitrogen and oxygen atoms in total. The summed E-state index contributed by atoms with van der Waals surface area (Å²) in [5.74, 6) is 0.0722. The number of aromatic amines is 1. The molecule has 2 fully saturated rings. The summed E-state index contributed by atoms with van der Waals surface area (Å²) >= 11 is 0.829. The van der Waals surface area contributed by atoms with Crippen LogP contribution in [0.5, 0.6) is 0 Å². The molecule has 268 valence electrons. The molecule has 0 radical (unpaired) electrons. The van der Waals surface area contributed by atoms with Crippen LogP contribution in [0.25, 0.3) is 11.2 Å². The number of benzene rings is 1. The number of nitrogen functional groups attached to an aromatic ring is 1. The highest BCUT2D eigenvalue weighted by molar-refractivity contribution is 8.54. The minimum Gasteiger partial charge on any atom is -0.394 e. The van der Waals surface area contributed by atoms with Crippen LogP contribution >= 0.6 is 18.2 Å². The van der Waals surface area contributed by atoms with Crippen molar-refractivity contribution in [2.75, 3.05) is 31.4 Å². The number of hydrogen-bond donors (Lipinski definition) is 5. The molecule has 2 aliphatic rings. The summed E-state index contributed by atoms with van der Waals surface area (Å²) in [6.45, 7) is -3.81.